The van der Waals surface area contributed by atoms with Crippen LogP contribution >= 0.6 is 0 Å². The Morgan fingerprint density at radius 3 is 1.38 bits per heavy atom. The van der Waals surface area contributed by atoms with Gasteiger partial charge >= 0.3 is 0 Å². The Hall–Kier alpha value is -3.92. The summed E-state index contributed by atoms with van der Waals surface area (Å²) in [5.41, 5.74) is 11.2. The highest BCUT2D eigenvalue weighted by molar-refractivity contribution is 6.23. The van der Waals surface area contributed by atoms with E-state index in [9.17, 15) is 0 Å². The minimum atomic E-state index is 0.941. The number of aryl methyl sites for hydroxylation is 4. The number of aromatic nitrogens is 4. The van der Waals surface area contributed by atoms with Gasteiger partial charge in [-0.15, -0.1) is 0 Å². The monoisotopic (exact) mass is 414 g/mol. The molecule has 0 aliphatic heterocycles. The Bertz CT molecular complexity index is 1780. The van der Waals surface area contributed by atoms with E-state index in [0.29, 0.717) is 0 Å². The van der Waals surface area contributed by atoms with Crippen molar-refractivity contribution in [1.29, 1.82) is 0 Å². The molecule has 0 spiro atoms. The Labute approximate surface area is 184 Å². The first kappa shape index (κ1) is 17.7. The Kier molecular flexibility index (Phi) is 3.24. The van der Waals surface area contributed by atoms with Crippen molar-refractivity contribution in [1.82, 2.24) is 19.1 Å². The molecule has 0 N–H and O–H groups in total. The summed E-state index contributed by atoms with van der Waals surface area (Å²) in [5.74, 6) is 0. The van der Waals surface area contributed by atoms with Crippen LogP contribution in [-0.4, -0.2) is 19.1 Å². The highest BCUT2D eigenvalue weighted by Gasteiger charge is 2.17. The first-order valence-electron chi connectivity index (χ1n) is 11.0. The number of rotatable bonds is 0. The first-order chi connectivity index (χ1) is 15.5. The standard InChI is InChI=1S/C28H22N4/c1-15-5-9-21-17(13-15)25-23(31(21)3)11-7-19-27(25)29-20-8-12-24-26(28(20)30-19)18-14-16(2)6-10-22(18)32(24)4/h5-14H,1-4H3. The molecule has 0 aliphatic rings. The maximum atomic E-state index is 5.20. The second-order valence-corrected chi connectivity index (χ2v) is 9.04. The van der Waals surface area contributed by atoms with E-state index in [2.05, 4.69) is 97.7 Å². The van der Waals surface area contributed by atoms with Gasteiger partial charge in [0.25, 0.3) is 0 Å². The first-order valence-corrected chi connectivity index (χ1v) is 11.0. The fraction of sp³-hybridized carbons (Fsp3) is 0.143. The van der Waals surface area contributed by atoms with Crippen LogP contribution in [-0.2, 0) is 14.1 Å². The molecule has 32 heavy (non-hydrogen) atoms. The summed E-state index contributed by atoms with van der Waals surface area (Å²) in [6.45, 7) is 4.29. The third-order valence-electron chi connectivity index (χ3n) is 7.02. The van der Waals surface area contributed by atoms with E-state index in [1.165, 1.54) is 54.7 Å². The lowest BCUT2D eigenvalue weighted by molar-refractivity contribution is 1.01. The predicted octanol–water partition coefficient (Wildman–Crippen LogP) is 6.69. The summed E-state index contributed by atoms with van der Waals surface area (Å²) in [6.07, 6.45) is 0. The maximum absolute atomic E-state index is 5.20. The van der Waals surface area contributed by atoms with Crippen molar-refractivity contribution in [2.24, 2.45) is 14.1 Å². The molecule has 0 bridgehead atoms. The van der Waals surface area contributed by atoms with Gasteiger partial charge < -0.3 is 9.13 Å². The van der Waals surface area contributed by atoms with Gasteiger partial charge in [0.15, 0.2) is 0 Å². The number of benzene rings is 4. The van der Waals surface area contributed by atoms with Gasteiger partial charge in [0.1, 0.15) is 0 Å². The average molecular weight is 415 g/mol. The quantitative estimate of drug-likeness (QED) is 0.259. The molecule has 0 atom stereocenters. The molecule has 3 aromatic heterocycles. The predicted molar refractivity (Wildman–Crippen MR) is 134 cm³/mol. The number of hydrogen-bond donors (Lipinski definition) is 0. The van der Waals surface area contributed by atoms with E-state index >= 15 is 0 Å². The molecular formula is C28H22N4. The molecule has 0 saturated carbocycles. The molecule has 3 heterocycles. The normalized spacial score (nSPS) is 12.4. The summed E-state index contributed by atoms with van der Waals surface area (Å²) >= 11 is 0. The van der Waals surface area contributed by atoms with Gasteiger partial charge in [-0.1, -0.05) is 23.3 Å². The van der Waals surface area contributed by atoms with E-state index in [1.54, 1.807) is 0 Å². The Morgan fingerprint density at radius 1 is 0.531 bits per heavy atom. The fourth-order valence-corrected chi connectivity index (χ4v) is 5.42. The van der Waals surface area contributed by atoms with Crippen LogP contribution in [0.3, 0.4) is 0 Å². The molecule has 7 rings (SSSR count). The molecule has 0 saturated heterocycles. The van der Waals surface area contributed by atoms with E-state index in [4.69, 9.17) is 9.97 Å². The van der Waals surface area contributed by atoms with Gasteiger partial charge in [-0.05, 0) is 62.4 Å². The van der Waals surface area contributed by atoms with E-state index < -0.39 is 0 Å². The minimum absolute atomic E-state index is 0.941. The molecule has 0 unspecified atom stereocenters. The van der Waals surface area contributed by atoms with E-state index in [1.807, 2.05) is 0 Å². The maximum Gasteiger partial charge on any atom is 0.0994 e. The van der Waals surface area contributed by atoms with Crippen molar-refractivity contribution in [3.8, 4) is 0 Å². The zero-order chi connectivity index (χ0) is 21.7. The second kappa shape index (κ2) is 5.86. The molecule has 0 aliphatic carbocycles. The summed E-state index contributed by atoms with van der Waals surface area (Å²) in [7, 11) is 4.25. The number of hydrogen-bond acceptors (Lipinski definition) is 2. The molecule has 0 amide bonds. The van der Waals surface area contributed by atoms with Crippen molar-refractivity contribution in [3.63, 3.8) is 0 Å². The van der Waals surface area contributed by atoms with E-state index in [-0.39, 0.29) is 0 Å². The van der Waals surface area contributed by atoms with Gasteiger partial charge in [0.2, 0.25) is 0 Å². The van der Waals surface area contributed by atoms with Gasteiger partial charge in [-0.25, -0.2) is 9.97 Å². The largest absolute Gasteiger partial charge is 0.344 e. The fourth-order valence-electron chi connectivity index (χ4n) is 5.42. The Balaban J connectivity index is 1.70. The smallest absolute Gasteiger partial charge is 0.0994 e. The molecule has 4 heteroatoms. The van der Waals surface area contributed by atoms with Crippen molar-refractivity contribution in [2.75, 3.05) is 0 Å². The highest BCUT2D eigenvalue weighted by Crippen LogP contribution is 2.37. The van der Waals surface area contributed by atoms with Crippen molar-refractivity contribution in [3.05, 3.63) is 71.8 Å². The third kappa shape index (κ3) is 2.11. The van der Waals surface area contributed by atoms with Gasteiger partial charge in [-0.3, -0.25) is 0 Å². The summed E-state index contributed by atoms with van der Waals surface area (Å²) < 4.78 is 4.51. The minimum Gasteiger partial charge on any atom is -0.344 e. The second-order valence-electron chi connectivity index (χ2n) is 9.04. The van der Waals surface area contributed by atoms with Crippen LogP contribution in [0.2, 0.25) is 0 Å². The lowest BCUT2D eigenvalue weighted by Gasteiger charge is -2.06. The van der Waals surface area contributed by atoms with Crippen molar-refractivity contribution in [2.45, 2.75) is 13.8 Å². The SMILES string of the molecule is Cc1ccc2c(c1)c1c3nc4ccc5c(c6cc(C)ccc6n5C)c4nc3ccc1n2C. The molecule has 4 aromatic carbocycles. The summed E-state index contributed by atoms with van der Waals surface area (Å²) in [4.78, 5) is 10.4. The topological polar surface area (TPSA) is 35.6 Å². The van der Waals surface area contributed by atoms with Crippen LogP contribution in [0.4, 0.5) is 0 Å². The zero-order valence-corrected chi connectivity index (χ0v) is 18.6. The van der Waals surface area contributed by atoms with E-state index in [0.717, 1.165) is 22.1 Å². The molecule has 0 radical (unpaired) electrons. The molecule has 4 nitrogen and oxygen atoms in total. The van der Waals surface area contributed by atoms with Crippen LogP contribution in [0.5, 0.6) is 0 Å². The van der Waals surface area contributed by atoms with Gasteiger partial charge in [-0.2, -0.15) is 0 Å². The van der Waals surface area contributed by atoms with Crippen LogP contribution in [0.25, 0.3) is 65.7 Å². The van der Waals surface area contributed by atoms with Crippen LogP contribution in [0, 0.1) is 13.8 Å². The Morgan fingerprint density at radius 2 is 0.938 bits per heavy atom. The van der Waals surface area contributed by atoms with Crippen LogP contribution in [0.15, 0.2) is 60.7 Å². The third-order valence-corrected chi connectivity index (χ3v) is 7.02. The number of nitrogens with zero attached hydrogens (tertiary/aromatic N) is 4. The van der Waals surface area contributed by atoms with Crippen LogP contribution in [0.1, 0.15) is 11.1 Å². The number of fused-ring (bicyclic) bond motifs is 10. The molecule has 0 fully saturated rings. The highest BCUT2D eigenvalue weighted by atomic mass is 15.0. The summed E-state index contributed by atoms with van der Waals surface area (Å²) in [6, 6.07) is 21.9. The lowest BCUT2D eigenvalue weighted by Crippen LogP contribution is -1.91. The van der Waals surface area contributed by atoms with Crippen LogP contribution < -0.4 is 0 Å². The van der Waals surface area contributed by atoms with Crippen molar-refractivity contribution < 1.29 is 0 Å². The van der Waals surface area contributed by atoms with Crippen molar-refractivity contribution >= 4 is 65.7 Å². The molecule has 7 aromatic rings. The molecular weight excluding hydrogens is 392 g/mol. The average Bonchev–Trinajstić information content (AvgIpc) is 3.23. The zero-order valence-electron chi connectivity index (χ0n) is 18.6. The van der Waals surface area contributed by atoms with Gasteiger partial charge in [0, 0.05) is 46.7 Å². The van der Waals surface area contributed by atoms with Gasteiger partial charge in [0.05, 0.1) is 33.1 Å². The molecule has 154 valence electrons. The summed E-state index contributed by atoms with van der Waals surface area (Å²) in [5, 5.41) is 4.85. The lowest BCUT2D eigenvalue weighted by atomic mass is 10.1.